The van der Waals surface area contributed by atoms with E-state index in [0.717, 1.165) is 23.4 Å². The lowest BCUT2D eigenvalue weighted by molar-refractivity contribution is -0.137. The fraction of sp³-hybridized carbons (Fsp3) is 0.263. The predicted molar refractivity (Wildman–Crippen MR) is 94.8 cm³/mol. The third kappa shape index (κ3) is 5.36. The lowest BCUT2D eigenvalue weighted by Crippen LogP contribution is -2.04. The molecule has 140 valence electrons. The lowest BCUT2D eigenvalue weighted by atomic mass is 10.2. The molecule has 7 heteroatoms. The molecule has 1 unspecified atom stereocenters. The Kier molecular flexibility index (Phi) is 6.47. The van der Waals surface area contributed by atoms with Crippen LogP contribution in [0.25, 0.3) is 0 Å². The molecule has 0 spiro atoms. The molecule has 26 heavy (non-hydrogen) atoms. The fourth-order valence-corrected chi connectivity index (χ4v) is 3.38. The van der Waals surface area contributed by atoms with Gasteiger partial charge < -0.3 is 9.47 Å². The number of aryl methyl sites for hydroxylation is 1. The van der Waals surface area contributed by atoms with E-state index >= 15 is 0 Å². The number of hydrogen-bond donors (Lipinski definition) is 0. The van der Waals surface area contributed by atoms with Crippen molar-refractivity contribution in [2.24, 2.45) is 0 Å². The monoisotopic (exact) mass is 384 g/mol. The van der Waals surface area contributed by atoms with Gasteiger partial charge in [0.05, 0.1) is 35.5 Å². The van der Waals surface area contributed by atoms with Gasteiger partial charge >= 0.3 is 6.18 Å². The minimum atomic E-state index is -4.38. The van der Waals surface area contributed by atoms with Crippen molar-refractivity contribution in [3.63, 3.8) is 0 Å². The van der Waals surface area contributed by atoms with Crippen molar-refractivity contribution in [2.75, 3.05) is 12.9 Å². The van der Waals surface area contributed by atoms with Crippen LogP contribution in [0.3, 0.4) is 0 Å². The first kappa shape index (κ1) is 20.0. The van der Waals surface area contributed by atoms with E-state index in [1.54, 1.807) is 32.2 Å². The van der Waals surface area contributed by atoms with Gasteiger partial charge in [0.25, 0.3) is 0 Å². The van der Waals surface area contributed by atoms with Gasteiger partial charge in [0.2, 0.25) is 0 Å². The number of rotatable bonds is 6. The van der Waals surface area contributed by atoms with Gasteiger partial charge in [-0.2, -0.15) is 13.2 Å². The highest BCUT2D eigenvalue weighted by Crippen LogP contribution is 2.30. The van der Waals surface area contributed by atoms with Crippen molar-refractivity contribution >= 4 is 10.8 Å². The highest BCUT2D eigenvalue weighted by Gasteiger charge is 2.29. The Bertz CT molecular complexity index is 812. The summed E-state index contributed by atoms with van der Waals surface area (Å²) in [6.07, 6.45) is -2.98. The van der Waals surface area contributed by atoms with Crippen molar-refractivity contribution in [2.45, 2.75) is 24.9 Å². The van der Waals surface area contributed by atoms with E-state index in [4.69, 9.17) is 9.47 Å². The van der Waals surface area contributed by atoms with E-state index in [-0.39, 0.29) is 11.5 Å². The highest BCUT2D eigenvalue weighted by atomic mass is 32.2. The molecular formula is C19H19F3O3S. The van der Waals surface area contributed by atoms with E-state index in [2.05, 4.69) is 0 Å². The summed E-state index contributed by atoms with van der Waals surface area (Å²) in [4.78, 5) is 0.672. The third-order valence-electron chi connectivity index (χ3n) is 3.57. The van der Waals surface area contributed by atoms with E-state index in [1.807, 2.05) is 6.92 Å². The van der Waals surface area contributed by atoms with Crippen molar-refractivity contribution in [1.82, 2.24) is 0 Å². The Morgan fingerprint density at radius 1 is 1.15 bits per heavy atom. The van der Waals surface area contributed by atoms with Crippen LogP contribution in [0.2, 0.25) is 0 Å². The first-order chi connectivity index (χ1) is 12.2. The molecule has 2 rings (SSSR count). The third-order valence-corrected chi connectivity index (χ3v) is 5.06. The number of halogens is 3. The number of hydrogen-bond acceptors (Lipinski definition) is 3. The minimum Gasteiger partial charge on any atom is -0.496 e. The summed E-state index contributed by atoms with van der Waals surface area (Å²) in [5.74, 6) is 1.26. The van der Waals surface area contributed by atoms with Crippen LogP contribution in [-0.2, 0) is 17.0 Å². The van der Waals surface area contributed by atoms with Gasteiger partial charge in [-0.1, -0.05) is 0 Å². The summed E-state index contributed by atoms with van der Waals surface area (Å²) in [5, 5.41) is 0. The van der Waals surface area contributed by atoms with Crippen LogP contribution in [0.15, 0.2) is 59.2 Å². The van der Waals surface area contributed by atoms with Gasteiger partial charge in [-0.25, -0.2) is 0 Å². The molecule has 0 fully saturated rings. The molecule has 1 atom stereocenters. The number of alkyl halides is 3. The van der Waals surface area contributed by atoms with Gasteiger partial charge in [0.1, 0.15) is 11.5 Å². The Hall–Kier alpha value is -2.28. The molecule has 3 nitrogen and oxygen atoms in total. The predicted octanol–water partition coefficient (Wildman–Crippen LogP) is 5.11. The zero-order valence-corrected chi connectivity index (χ0v) is 15.4. The second kappa shape index (κ2) is 8.40. The van der Waals surface area contributed by atoms with E-state index in [0.29, 0.717) is 10.5 Å². The van der Waals surface area contributed by atoms with Gasteiger partial charge in [-0.05, 0) is 67.4 Å². The summed E-state index contributed by atoms with van der Waals surface area (Å²) in [5.41, 5.74) is 0.860. The maximum absolute atomic E-state index is 12.5. The maximum Gasteiger partial charge on any atom is 0.416 e. The molecule has 0 saturated carbocycles. The van der Waals surface area contributed by atoms with Crippen LogP contribution in [0.4, 0.5) is 13.2 Å². The van der Waals surface area contributed by atoms with E-state index in [1.165, 1.54) is 18.4 Å². The summed E-state index contributed by atoms with van der Waals surface area (Å²) < 4.78 is 60.5. The number of methoxy groups -OCH3 is 1. The molecule has 0 radical (unpaired) electrons. The zero-order valence-electron chi connectivity index (χ0n) is 14.6. The van der Waals surface area contributed by atoms with E-state index in [9.17, 15) is 17.4 Å². The molecule has 2 aromatic rings. The quantitative estimate of drug-likeness (QED) is 0.649. The van der Waals surface area contributed by atoms with Gasteiger partial charge in [0.15, 0.2) is 0 Å². The second-order valence-corrected chi connectivity index (χ2v) is 7.18. The second-order valence-electron chi connectivity index (χ2n) is 5.73. The van der Waals surface area contributed by atoms with Crippen molar-refractivity contribution in [3.05, 3.63) is 65.4 Å². The van der Waals surface area contributed by atoms with Gasteiger partial charge in [0, 0.05) is 4.90 Å². The van der Waals surface area contributed by atoms with Crippen LogP contribution in [0.5, 0.6) is 11.5 Å². The number of ether oxygens (including phenoxy) is 2. The molecule has 0 heterocycles. The zero-order chi connectivity index (χ0) is 19.3. The Morgan fingerprint density at radius 2 is 1.81 bits per heavy atom. The fourth-order valence-electron chi connectivity index (χ4n) is 2.21. The summed E-state index contributed by atoms with van der Waals surface area (Å²) in [6.45, 7) is 3.62. The topological polar surface area (TPSA) is 35.5 Å². The molecule has 0 aliphatic carbocycles. The van der Waals surface area contributed by atoms with Gasteiger partial charge in [-0.15, -0.1) is 0 Å². The average molecular weight is 384 g/mol. The Balaban J connectivity index is 1.99. The van der Waals surface area contributed by atoms with Crippen LogP contribution >= 0.6 is 0 Å². The van der Waals surface area contributed by atoms with Crippen LogP contribution < -0.4 is 9.47 Å². The first-order valence-corrected chi connectivity index (χ1v) is 9.05. The maximum atomic E-state index is 12.5. The summed E-state index contributed by atoms with van der Waals surface area (Å²) in [6, 6.07) is 9.71. The molecule has 0 amide bonds. The molecule has 0 bridgehead atoms. The molecule has 0 N–H and O–H groups in total. The summed E-state index contributed by atoms with van der Waals surface area (Å²) >= 11 is 0. The number of benzene rings is 2. The summed E-state index contributed by atoms with van der Waals surface area (Å²) in [7, 11) is 0.314. The van der Waals surface area contributed by atoms with Gasteiger partial charge in [-0.3, -0.25) is 4.21 Å². The molecule has 0 aliphatic heterocycles. The minimum absolute atomic E-state index is 0.256. The van der Waals surface area contributed by atoms with Crippen molar-refractivity contribution in [1.29, 1.82) is 0 Å². The highest BCUT2D eigenvalue weighted by molar-refractivity contribution is 7.85. The smallest absolute Gasteiger partial charge is 0.416 e. The molecule has 0 aliphatic rings. The molecule has 0 aromatic heterocycles. The standard InChI is InChI=1S/C19H19F3O3S/c1-13(11-25-16-6-4-15(5-7-16)19(20,21)22)12-26(23)17-8-9-18(24-3)14(2)10-17/h4-11H,12H2,1-3H3/b13-11+. The SMILES string of the molecule is COc1ccc(S(=O)C/C(C)=C/Oc2ccc(C(F)(F)F)cc2)cc1C. The normalized spacial score (nSPS) is 13.4. The molecule has 2 aromatic carbocycles. The van der Waals surface area contributed by atoms with Crippen molar-refractivity contribution < 1.29 is 26.9 Å². The van der Waals surface area contributed by atoms with Crippen LogP contribution in [0, 0.1) is 6.92 Å². The Labute approximate surface area is 152 Å². The van der Waals surface area contributed by atoms with Crippen LogP contribution in [0.1, 0.15) is 18.1 Å². The largest absolute Gasteiger partial charge is 0.496 e. The Morgan fingerprint density at radius 3 is 2.35 bits per heavy atom. The lowest BCUT2D eigenvalue weighted by Gasteiger charge is -2.09. The van der Waals surface area contributed by atoms with Crippen molar-refractivity contribution in [3.8, 4) is 11.5 Å². The molecule has 0 saturated heterocycles. The first-order valence-electron chi connectivity index (χ1n) is 7.73. The average Bonchev–Trinajstić information content (AvgIpc) is 2.59. The van der Waals surface area contributed by atoms with E-state index < -0.39 is 22.5 Å². The van der Waals surface area contributed by atoms with Crippen LogP contribution in [-0.4, -0.2) is 17.1 Å². The molecular weight excluding hydrogens is 365 g/mol.